The molecule has 96 valence electrons. The summed E-state index contributed by atoms with van der Waals surface area (Å²) >= 11 is -0.694. The molecule has 0 saturated heterocycles. The minimum absolute atomic E-state index is 0.0281. The summed E-state index contributed by atoms with van der Waals surface area (Å²) in [5.41, 5.74) is 9.00. The highest BCUT2D eigenvalue weighted by molar-refractivity contribution is 14.3. The number of rotatable bonds is 1. The predicted octanol–water partition coefficient (Wildman–Crippen LogP) is 3.23. The van der Waals surface area contributed by atoms with Gasteiger partial charge < -0.3 is 5.73 Å². The summed E-state index contributed by atoms with van der Waals surface area (Å²) in [5, 5.41) is 2.95. The van der Waals surface area contributed by atoms with Crippen LogP contribution in [0.5, 0.6) is 0 Å². The molecular weight excluding hydrogens is 470 g/mol. The average Bonchev–Trinajstić information content (AvgIpc) is 2.57. The van der Waals surface area contributed by atoms with Gasteiger partial charge in [0.05, 0.1) is 1.59 Å². The first-order valence-electron chi connectivity index (χ1n) is 5.36. The first kappa shape index (κ1) is 13.0. The van der Waals surface area contributed by atoms with Crippen LogP contribution in [0.1, 0.15) is 15.9 Å². The second-order valence-corrected chi connectivity index (χ2v) is 10.7. The molecule has 0 radical (unpaired) electrons. The molecule has 0 spiro atoms. The molecule has 0 aliphatic carbocycles. The third-order valence-electron chi connectivity index (χ3n) is 2.70. The molecule has 1 aromatic rings. The maximum atomic E-state index is 12.6. The number of benzene rings is 1. The lowest BCUT2D eigenvalue weighted by molar-refractivity contribution is 0.103. The summed E-state index contributed by atoms with van der Waals surface area (Å²) in [6.45, 7) is 0. The van der Waals surface area contributed by atoms with Crippen LogP contribution < -0.4 is 5.73 Å². The molecule has 0 fully saturated rings. The van der Waals surface area contributed by atoms with Crippen LogP contribution in [-0.2, 0) is 0 Å². The van der Waals surface area contributed by atoms with E-state index in [0.29, 0.717) is 22.5 Å². The van der Waals surface area contributed by atoms with Gasteiger partial charge in [-0.2, -0.15) is 0 Å². The lowest BCUT2D eigenvalue weighted by Gasteiger charge is -2.08. The molecule has 2 N–H and O–H groups in total. The van der Waals surface area contributed by atoms with E-state index in [1.54, 1.807) is 12.1 Å². The quantitative estimate of drug-likeness (QED) is 0.383. The number of allylic oxidation sites excluding steroid dienone is 3. The number of hydrogen-bond donors (Lipinski definition) is 1. The van der Waals surface area contributed by atoms with Gasteiger partial charge in [0.15, 0.2) is 5.78 Å². The van der Waals surface area contributed by atoms with Crippen LogP contribution in [0.15, 0.2) is 42.3 Å². The van der Waals surface area contributed by atoms with Gasteiger partial charge in [-0.25, -0.2) is 0 Å². The summed E-state index contributed by atoms with van der Waals surface area (Å²) < 4.78 is 5.29. The number of halogens is 2. The van der Waals surface area contributed by atoms with Crippen molar-refractivity contribution in [1.29, 1.82) is 0 Å². The topological polar surface area (TPSA) is 72.5 Å². The molecule has 0 unspecified atom stereocenters. The van der Waals surface area contributed by atoms with Crippen LogP contribution in [0, 0.1) is 4.91 Å². The first-order chi connectivity index (χ1) is 9.19. The maximum Gasteiger partial charge on any atom is 0.195 e. The van der Waals surface area contributed by atoms with Gasteiger partial charge in [0, 0.05) is 20.8 Å². The average molecular weight is 478 g/mol. The number of carbonyl (C=O) groups is 1. The van der Waals surface area contributed by atoms with Crippen molar-refractivity contribution in [3.8, 4) is 0 Å². The van der Waals surface area contributed by atoms with Gasteiger partial charge in [0.25, 0.3) is 0 Å². The fourth-order valence-corrected chi connectivity index (χ4v) is 7.93. The van der Waals surface area contributed by atoms with E-state index in [1.807, 2.05) is 16.1 Å². The molecule has 0 saturated carbocycles. The molecule has 2 aliphatic rings. The largest absolute Gasteiger partial charge is 0.399 e. The zero-order chi connectivity index (χ0) is 13.4. The van der Waals surface area contributed by atoms with Gasteiger partial charge in [0.1, 0.15) is 5.70 Å². The number of nitroso groups, excluding NO2 is 1. The number of nitrogens with two attached hydrogens (primary N) is 1. The van der Waals surface area contributed by atoms with Crippen molar-refractivity contribution in [3.63, 3.8) is 0 Å². The van der Waals surface area contributed by atoms with E-state index in [-0.39, 0.29) is 26.5 Å². The van der Waals surface area contributed by atoms with Crippen LogP contribution in [0.2, 0.25) is 0 Å². The summed E-state index contributed by atoms with van der Waals surface area (Å²) in [7, 11) is 0. The minimum Gasteiger partial charge on any atom is -0.399 e. The number of Topliss-reactive ketones (excluding diaryl/α,β-unsaturated/α-hetero) is 1. The third kappa shape index (κ3) is 2.38. The van der Waals surface area contributed by atoms with Crippen molar-refractivity contribution in [2.75, 3.05) is 5.73 Å². The lowest BCUT2D eigenvalue weighted by Crippen LogP contribution is -2.07. The Hall–Kier alpha value is -1.03. The number of nitrogens with zero attached hydrogens (tertiary/aromatic N) is 1. The molecule has 0 aromatic heterocycles. The van der Waals surface area contributed by atoms with Crippen molar-refractivity contribution in [3.05, 3.63) is 53.2 Å². The molecule has 1 aromatic carbocycles. The standard InChI is InChI=1S/C13H8I2N2O2/c16-8-2-1-7-5-14-13-11(12(18)10(7)3-8)4-9(17-19)6-15-13/h1-6H,16H2. The van der Waals surface area contributed by atoms with Crippen LogP contribution >= 0.6 is 41.5 Å². The Morgan fingerprint density at radius 2 is 1.95 bits per heavy atom. The van der Waals surface area contributed by atoms with Crippen LogP contribution in [0.4, 0.5) is 5.69 Å². The highest BCUT2D eigenvalue weighted by atomic mass is 127. The molecular formula is C13H8I2N2O2. The molecule has 19 heavy (non-hydrogen) atoms. The van der Waals surface area contributed by atoms with Crippen molar-refractivity contribution < 1.29 is 4.79 Å². The smallest absolute Gasteiger partial charge is 0.195 e. The molecule has 0 atom stereocenters. The van der Waals surface area contributed by atoms with Gasteiger partial charge >= 0.3 is 0 Å². The highest BCUT2D eigenvalue weighted by Crippen LogP contribution is 2.39. The monoisotopic (exact) mass is 478 g/mol. The van der Waals surface area contributed by atoms with E-state index in [1.165, 1.54) is 1.59 Å². The molecule has 6 heteroatoms. The van der Waals surface area contributed by atoms with Crippen molar-refractivity contribution in [1.82, 2.24) is 0 Å². The zero-order valence-corrected chi connectivity index (χ0v) is 13.9. The van der Waals surface area contributed by atoms with Crippen molar-refractivity contribution in [2.24, 2.45) is 5.18 Å². The summed E-state index contributed by atoms with van der Waals surface area (Å²) in [6, 6.07) is 5.42. The maximum absolute atomic E-state index is 12.6. The van der Waals surface area contributed by atoms with E-state index < -0.39 is 20.7 Å². The van der Waals surface area contributed by atoms with E-state index >= 15 is 0 Å². The van der Waals surface area contributed by atoms with Gasteiger partial charge in [0.2, 0.25) is 0 Å². The van der Waals surface area contributed by atoms with Crippen molar-refractivity contribution in [2.45, 2.75) is 0 Å². The summed E-state index contributed by atoms with van der Waals surface area (Å²) in [5.74, 6) is -0.0281. The fraction of sp³-hybridized carbons (Fsp3) is 0. The van der Waals surface area contributed by atoms with Gasteiger partial charge in [-0.15, -0.1) is 4.91 Å². The Kier molecular flexibility index (Phi) is 3.52. The summed E-state index contributed by atoms with van der Waals surface area (Å²) in [4.78, 5) is 23.2. The lowest BCUT2D eigenvalue weighted by atomic mass is 9.99. The predicted molar refractivity (Wildman–Crippen MR) is 95.4 cm³/mol. The Bertz CT molecular complexity index is 730. The number of nitrogen functional groups attached to an aromatic ring is 1. The Balaban J connectivity index is 2.21. The van der Waals surface area contributed by atoms with Gasteiger partial charge in [-0.3, -0.25) is 4.79 Å². The van der Waals surface area contributed by atoms with Gasteiger partial charge in [-0.1, -0.05) is 47.5 Å². The second kappa shape index (κ2) is 5.16. The van der Waals surface area contributed by atoms with Crippen molar-refractivity contribution >= 4 is 61.0 Å². The SMILES string of the molecule is Nc1ccc2c(c1)C(=O)C1=C(I=CC(N=O)=C1)I=C2. The number of fused-ring (bicyclic) bond motifs is 1. The second-order valence-electron chi connectivity index (χ2n) is 3.95. The van der Waals surface area contributed by atoms with Crippen LogP contribution in [0.25, 0.3) is 0 Å². The Labute approximate surface area is 129 Å². The van der Waals surface area contributed by atoms with Crippen LogP contribution in [-0.4, -0.2) is 13.8 Å². The normalized spacial score (nSPS) is 17.5. The van der Waals surface area contributed by atoms with E-state index in [2.05, 4.69) is 9.19 Å². The number of anilines is 1. The van der Waals surface area contributed by atoms with Gasteiger partial charge in [-0.05, 0) is 33.0 Å². The molecule has 3 rings (SSSR count). The molecule has 4 nitrogen and oxygen atoms in total. The molecule has 0 bridgehead atoms. The number of ketones is 1. The minimum atomic E-state index is -0.392. The zero-order valence-electron chi connectivity index (χ0n) is 9.56. The first-order valence-corrected chi connectivity index (χ1v) is 10.0. The Morgan fingerprint density at radius 1 is 1.16 bits per heavy atom. The van der Waals surface area contributed by atoms with E-state index in [4.69, 9.17) is 5.73 Å². The third-order valence-corrected chi connectivity index (χ3v) is 10.0. The number of carbonyl (C=O) groups excluding carboxylic acids is 1. The summed E-state index contributed by atoms with van der Waals surface area (Å²) in [6.07, 6.45) is 1.62. The van der Waals surface area contributed by atoms with Crippen LogP contribution in [0.3, 0.4) is 0 Å². The Morgan fingerprint density at radius 3 is 2.74 bits per heavy atom. The molecule has 0 amide bonds. The highest BCUT2D eigenvalue weighted by Gasteiger charge is 2.22. The van der Waals surface area contributed by atoms with E-state index in [9.17, 15) is 9.70 Å². The molecule has 2 heterocycles. The number of hydrogen-bond acceptors (Lipinski definition) is 4. The van der Waals surface area contributed by atoms with E-state index in [0.717, 1.165) is 5.56 Å². The fourth-order valence-electron chi connectivity index (χ4n) is 1.79. The molecule has 2 aliphatic heterocycles.